The number of hydrogen-bond donors (Lipinski definition) is 4. The minimum absolute atomic E-state index is 0.0521. The Labute approximate surface area is 141 Å². The van der Waals surface area contributed by atoms with Crippen molar-refractivity contribution in [3.63, 3.8) is 0 Å². The molecule has 0 unspecified atom stereocenters. The Bertz CT molecular complexity index is 651. The van der Waals surface area contributed by atoms with Crippen molar-refractivity contribution in [2.24, 2.45) is 0 Å². The van der Waals surface area contributed by atoms with E-state index in [1.807, 2.05) is 0 Å². The molecule has 0 spiro atoms. The fourth-order valence-electron chi connectivity index (χ4n) is 2.64. The predicted molar refractivity (Wildman–Crippen MR) is 77.8 cm³/mol. The van der Waals surface area contributed by atoms with Crippen LogP contribution in [-0.2, 0) is 16.1 Å². The molecule has 5 atom stereocenters. The first-order valence-corrected chi connectivity index (χ1v) is 7.41. The van der Waals surface area contributed by atoms with Crippen molar-refractivity contribution in [1.82, 2.24) is 0 Å². The predicted octanol–water partition coefficient (Wildman–Crippen LogP) is -1.36. The highest BCUT2D eigenvalue weighted by molar-refractivity contribution is 5.55. The van der Waals surface area contributed by atoms with E-state index in [0.717, 1.165) is 0 Å². The fourth-order valence-corrected chi connectivity index (χ4v) is 2.64. The number of fused-ring (bicyclic) bond motifs is 1. The molecule has 1 aromatic rings. The van der Waals surface area contributed by atoms with Crippen LogP contribution in [0.1, 0.15) is 5.56 Å². The average molecular weight is 359 g/mol. The molecule has 2 heterocycles. The second-order valence-corrected chi connectivity index (χ2v) is 5.60. The summed E-state index contributed by atoms with van der Waals surface area (Å²) in [6.07, 6.45) is -7.22. The molecule has 0 aliphatic carbocycles. The second-order valence-electron chi connectivity index (χ2n) is 5.60. The number of hydrogen-bond acceptors (Lipinski definition) is 10. The van der Waals surface area contributed by atoms with Gasteiger partial charge in [0.05, 0.1) is 29.8 Å². The van der Waals surface area contributed by atoms with Crippen molar-refractivity contribution in [2.75, 3.05) is 13.4 Å². The zero-order valence-corrected chi connectivity index (χ0v) is 12.8. The van der Waals surface area contributed by atoms with Gasteiger partial charge in [0, 0.05) is 0 Å². The molecule has 25 heavy (non-hydrogen) atoms. The molecule has 138 valence electrons. The first kappa shape index (κ1) is 17.8. The van der Waals surface area contributed by atoms with Gasteiger partial charge in [0.15, 0.2) is 17.8 Å². The normalized spacial score (nSPS) is 31.1. The number of nitro groups is 1. The Morgan fingerprint density at radius 1 is 1.16 bits per heavy atom. The van der Waals surface area contributed by atoms with Gasteiger partial charge in [0.1, 0.15) is 24.4 Å². The number of aliphatic hydroxyl groups is 4. The lowest BCUT2D eigenvalue weighted by molar-refractivity contribution is -0.386. The van der Waals surface area contributed by atoms with Gasteiger partial charge in [0.25, 0.3) is 5.69 Å². The minimum Gasteiger partial charge on any atom is -0.454 e. The van der Waals surface area contributed by atoms with E-state index in [1.165, 1.54) is 12.1 Å². The molecule has 11 heteroatoms. The topological polar surface area (TPSA) is 161 Å². The number of rotatable bonds is 5. The van der Waals surface area contributed by atoms with E-state index < -0.39 is 42.2 Å². The van der Waals surface area contributed by atoms with Gasteiger partial charge in [0.2, 0.25) is 6.79 Å². The highest BCUT2D eigenvalue weighted by atomic mass is 16.7. The lowest BCUT2D eigenvalue weighted by atomic mass is 9.99. The zero-order valence-electron chi connectivity index (χ0n) is 12.8. The van der Waals surface area contributed by atoms with Crippen LogP contribution in [-0.4, -0.2) is 69.5 Å². The highest BCUT2D eigenvalue weighted by Gasteiger charge is 2.44. The van der Waals surface area contributed by atoms with Gasteiger partial charge in [-0.05, 0) is 6.07 Å². The maximum Gasteiger partial charge on any atom is 0.278 e. The number of ether oxygens (including phenoxy) is 4. The van der Waals surface area contributed by atoms with Gasteiger partial charge in [-0.2, -0.15) is 0 Å². The summed E-state index contributed by atoms with van der Waals surface area (Å²) in [4.78, 5) is 10.6. The molecule has 1 saturated heterocycles. The van der Waals surface area contributed by atoms with E-state index in [2.05, 4.69) is 0 Å². The van der Waals surface area contributed by atoms with E-state index >= 15 is 0 Å². The molecule has 0 radical (unpaired) electrons. The molecular weight excluding hydrogens is 342 g/mol. The zero-order chi connectivity index (χ0) is 18.1. The van der Waals surface area contributed by atoms with Crippen LogP contribution in [0.15, 0.2) is 12.1 Å². The van der Waals surface area contributed by atoms with Crippen LogP contribution < -0.4 is 9.47 Å². The maximum absolute atomic E-state index is 11.2. The van der Waals surface area contributed by atoms with E-state index in [4.69, 9.17) is 24.1 Å². The molecule has 3 rings (SSSR count). The molecule has 1 aromatic carbocycles. The number of aliphatic hydroxyl groups excluding tert-OH is 4. The van der Waals surface area contributed by atoms with Crippen molar-refractivity contribution in [3.05, 3.63) is 27.8 Å². The third-order valence-corrected chi connectivity index (χ3v) is 4.02. The van der Waals surface area contributed by atoms with Crippen molar-refractivity contribution in [1.29, 1.82) is 0 Å². The average Bonchev–Trinajstić information content (AvgIpc) is 3.05. The van der Waals surface area contributed by atoms with Gasteiger partial charge < -0.3 is 39.4 Å². The first-order chi connectivity index (χ1) is 11.9. The molecule has 4 N–H and O–H groups in total. The Morgan fingerprint density at radius 3 is 2.48 bits per heavy atom. The molecule has 1 fully saturated rings. The van der Waals surface area contributed by atoms with E-state index in [0.29, 0.717) is 5.75 Å². The summed E-state index contributed by atoms with van der Waals surface area (Å²) >= 11 is 0. The quantitative estimate of drug-likeness (QED) is 0.365. The summed E-state index contributed by atoms with van der Waals surface area (Å²) in [5.74, 6) is 0.557. The lowest BCUT2D eigenvalue weighted by Gasteiger charge is -2.39. The lowest BCUT2D eigenvalue weighted by Crippen LogP contribution is -2.59. The third-order valence-electron chi connectivity index (χ3n) is 4.02. The van der Waals surface area contributed by atoms with Crippen molar-refractivity contribution < 1.29 is 44.3 Å². The summed E-state index contributed by atoms with van der Waals surface area (Å²) in [6.45, 7) is -0.992. The molecule has 2 aliphatic rings. The molecule has 2 aliphatic heterocycles. The fraction of sp³-hybridized carbons (Fsp3) is 0.571. The van der Waals surface area contributed by atoms with Crippen LogP contribution in [0, 0.1) is 10.1 Å². The summed E-state index contributed by atoms with van der Waals surface area (Å²) < 4.78 is 20.8. The Balaban J connectivity index is 1.76. The number of nitro benzene ring substituents is 1. The van der Waals surface area contributed by atoms with E-state index in [9.17, 15) is 25.4 Å². The van der Waals surface area contributed by atoms with Crippen LogP contribution in [0.4, 0.5) is 5.69 Å². The molecule has 0 amide bonds. The van der Waals surface area contributed by atoms with Crippen molar-refractivity contribution in [2.45, 2.75) is 37.3 Å². The summed E-state index contributed by atoms with van der Waals surface area (Å²) in [6, 6.07) is 2.58. The Morgan fingerprint density at radius 2 is 1.84 bits per heavy atom. The molecule has 0 saturated carbocycles. The molecule has 0 bridgehead atoms. The molecule has 0 aromatic heterocycles. The second kappa shape index (κ2) is 7.07. The third kappa shape index (κ3) is 3.38. The summed E-state index contributed by atoms with van der Waals surface area (Å²) in [5.41, 5.74) is -0.125. The van der Waals surface area contributed by atoms with E-state index in [-0.39, 0.29) is 30.4 Å². The van der Waals surface area contributed by atoms with Gasteiger partial charge in [-0.25, -0.2) is 0 Å². The van der Waals surface area contributed by atoms with Gasteiger partial charge in [-0.3, -0.25) is 10.1 Å². The Kier molecular flexibility index (Phi) is 5.03. The van der Waals surface area contributed by atoms with Gasteiger partial charge in [-0.1, -0.05) is 0 Å². The standard InChI is InChI=1S/C14H17NO10/c16-3-10-11(17)12(18)13(19)14(25-10)22-4-6-1-8-9(24-5-23-8)2-7(6)15(20)21/h1-2,10-14,16-19H,3-5H2/t10-,11+,12+,13-,14-/m1/s1. The highest BCUT2D eigenvalue weighted by Crippen LogP contribution is 2.38. The monoisotopic (exact) mass is 359 g/mol. The van der Waals surface area contributed by atoms with Crippen LogP contribution in [0.25, 0.3) is 0 Å². The molecular formula is C14H17NO10. The maximum atomic E-state index is 11.2. The van der Waals surface area contributed by atoms with Crippen molar-refractivity contribution in [3.8, 4) is 11.5 Å². The van der Waals surface area contributed by atoms with Crippen LogP contribution >= 0.6 is 0 Å². The smallest absolute Gasteiger partial charge is 0.278 e. The van der Waals surface area contributed by atoms with Crippen molar-refractivity contribution >= 4 is 5.69 Å². The number of nitrogens with zero attached hydrogens (tertiary/aromatic N) is 1. The summed E-state index contributed by atoms with van der Waals surface area (Å²) in [7, 11) is 0. The van der Waals surface area contributed by atoms with Crippen LogP contribution in [0.3, 0.4) is 0 Å². The number of benzene rings is 1. The molecule has 11 nitrogen and oxygen atoms in total. The Hall–Kier alpha value is -2.02. The van der Waals surface area contributed by atoms with Gasteiger partial charge >= 0.3 is 0 Å². The van der Waals surface area contributed by atoms with E-state index in [1.54, 1.807) is 0 Å². The first-order valence-electron chi connectivity index (χ1n) is 7.41. The van der Waals surface area contributed by atoms with Crippen LogP contribution in [0.5, 0.6) is 11.5 Å². The summed E-state index contributed by atoms with van der Waals surface area (Å²) in [5, 5.41) is 49.7. The van der Waals surface area contributed by atoms with Crippen LogP contribution in [0.2, 0.25) is 0 Å². The largest absolute Gasteiger partial charge is 0.454 e. The van der Waals surface area contributed by atoms with Gasteiger partial charge in [-0.15, -0.1) is 0 Å². The SMILES string of the molecule is O=[N+]([O-])c1cc2c(cc1CO[C@@H]1O[C@H](CO)[C@H](O)[C@H](O)[C@H]1O)OCO2. The minimum atomic E-state index is -1.59.